The van der Waals surface area contributed by atoms with Crippen molar-refractivity contribution in [3.8, 4) is 0 Å². The van der Waals surface area contributed by atoms with E-state index >= 15 is 0 Å². The average molecular weight is 158 g/mol. The quantitative estimate of drug-likeness (QED) is 0.611. The minimum Gasteiger partial charge on any atom is -0.389 e. The third-order valence-corrected chi connectivity index (χ3v) is 1.83. The van der Waals surface area contributed by atoms with Crippen molar-refractivity contribution in [3.05, 3.63) is 11.6 Å². The Kier molecular flexibility index (Phi) is 3.76. The average Bonchev–Trinajstić information content (AvgIpc) is 1.85. The minimum atomic E-state index is -0.809. The van der Waals surface area contributed by atoms with E-state index in [9.17, 15) is 10.2 Å². The molecule has 0 radical (unpaired) electrons. The van der Waals surface area contributed by atoms with Crippen molar-refractivity contribution in [2.24, 2.45) is 0 Å². The van der Waals surface area contributed by atoms with Crippen molar-refractivity contribution < 1.29 is 10.2 Å². The van der Waals surface area contributed by atoms with Crippen molar-refractivity contribution in [3.63, 3.8) is 0 Å². The Morgan fingerprint density at radius 2 is 2.00 bits per heavy atom. The van der Waals surface area contributed by atoms with Gasteiger partial charge in [0.2, 0.25) is 0 Å². The van der Waals surface area contributed by atoms with E-state index < -0.39 is 11.7 Å². The molecule has 0 aromatic carbocycles. The lowest BCUT2D eigenvalue weighted by Gasteiger charge is -2.19. The van der Waals surface area contributed by atoms with Crippen LogP contribution in [0.4, 0.5) is 0 Å². The van der Waals surface area contributed by atoms with Gasteiger partial charge in [0.05, 0.1) is 11.7 Å². The standard InChI is InChI=1S/C9H18O2/c1-5-8(10)6-7(2)9(3,4)11/h6,8,10-11H,5H2,1-4H3. The molecule has 0 fully saturated rings. The number of hydrogen-bond donors (Lipinski definition) is 2. The molecule has 0 bridgehead atoms. The Morgan fingerprint density at radius 1 is 1.55 bits per heavy atom. The van der Waals surface area contributed by atoms with Gasteiger partial charge in [-0.2, -0.15) is 0 Å². The van der Waals surface area contributed by atoms with Crippen molar-refractivity contribution >= 4 is 0 Å². The van der Waals surface area contributed by atoms with Crippen LogP contribution < -0.4 is 0 Å². The first-order chi connectivity index (χ1) is 4.88. The molecule has 0 aromatic rings. The fourth-order valence-electron chi connectivity index (χ4n) is 0.610. The van der Waals surface area contributed by atoms with Gasteiger partial charge in [0.15, 0.2) is 0 Å². The maximum atomic E-state index is 9.45. The van der Waals surface area contributed by atoms with Crippen LogP contribution in [-0.2, 0) is 0 Å². The van der Waals surface area contributed by atoms with E-state index in [0.29, 0.717) is 6.42 Å². The molecule has 0 saturated carbocycles. The summed E-state index contributed by atoms with van der Waals surface area (Å²) in [6.45, 7) is 7.14. The van der Waals surface area contributed by atoms with Gasteiger partial charge in [0.1, 0.15) is 0 Å². The Labute approximate surface area is 68.6 Å². The van der Waals surface area contributed by atoms with Gasteiger partial charge in [-0.25, -0.2) is 0 Å². The molecule has 1 atom stereocenters. The van der Waals surface area contributed by atoms with Gasteiger partial charge in [-0.3, -0.25) is 0 Å². The summed E-state index contributed by atoms with van der Waals surface area (Å²) in [5.41, 5.74) is 0.00252. The molecule has 0 aromatic heterocycles. The van der Waals surface area contributed by atoms with Crippen LogP contribution in [0, 0.1) is 0 Å². The van der Waals surface area contributed by atoms with E-state index in [4.69, 9.17) is 0 Å². The van der Waals surface area contributed by atoms with Gasteiger partial charge in [0.25, 0.3) is 0 Å². The number of hydrogen-bond acceptors (Lipinski definition) is 2. The zero-order valence-corrected chi connectivity index (χ0v) is 7.76. The predicted molar refractivity (Wildman–Crippen MR) is 46.4 cm³/mol. The minimum absolute atomic E-state index is 0.429. The highest BCUT2D eigenvalue weighted by molar-refractivity contribution is 5.12. The molecule has 0 aliphatic carbocycles. The van der Waals surface area contributed by atoms with Crippen LogP contribution in [0.1, 0.15) is 34.1 Å². The molecule has 0 saturated heterocycles. The largest absolute Gasteiger partial charge is 0.389 e. The summed E-state index contributed by atoms with van der Waals surface area (Å²) in [7, 11) is 0. The van der Waals surface area contributed by atoms with Crippen molar-refractivity contribution in [1.82, 2.24) is 0 Å². The molecule has 11 heavy (non-hydrogen) atoms. The van der Waals surface area contributed by atoms with Crippen LogP contribution in [-0.4, -0.2) is 21.9 Å². The molecule has 0 heterocycles. The molecule has 2 N–H and O–H groups in total. The Morgan fingerprint density at radius 3 is 2.27 bits per heavy atom. The first kappa shape index (κ1) is 10.7. The van der Waals surface area contributed by atoms with Gasteiger partial charge in [-0.15, -0.1) is 0 Å². The summed E-state index contributed by atoms with van der Waals surface area (Å²) >= 11 is 0. The first-order valence-corrected chi connectivity index (χ1v) is 3.97. The summed E-state index contributed by atoms with van der Waals surface area (Å²) in [5.74, 6) is 0. The molecule has 1 unspecified atom stereocenters. The second-order valence-electron chi connectivity index (χ2n) is 3.38. The molecule has 0 aliphatic heterocycles. The highest BCUT2D eigenvalue weighted by Gasteiger charge is 2.15. The van der Waals surface area contributed by atoms with Gasteiger partial charge < -0.3 is 10.2 Å². The normalized spacial score (nSPS) is 16.7. The molecular weight excluding hydrogens is 140 g/mol. The fraction of sp³-hybridized carbons (Fsp3) is 0.778. The molecule has 0 rings (SSSR count). The van der Waals surface area contributed by atoms with Crippen LogP contribution in [0.25, 0.3) is 0 Å². The molecule has 0 aliphatic rings. The second kappa shape index (κ2) is 3.88. The lowest BCUT2D eigenvalue weighted by Crippen LogP contribution is -2.21. The van der Waals surface area contributed by atoms with E-state index in [1.807, 2.05) is 13.8 Å². The number of rotatable bonds is 3. The van der Waals surface area contributed by atoms with Crippen LogP contribution in [0.15, 0.2) is 11.6 Å². The van der Waals surface area contributed by atoms with Crippen LogP contribution >= 0.6 is 0 Å². The summed E-state index contributed by atoms with van der Waals surface area (Å²) in [5, 5.41) is 18.7. The van der Waals surface area contributed by atoms with E-state index in [1.165, 1.54) is 0 Å². The lowest BCUT2D eigenvalue weighted by molar-refractivity contribution is 0.116. The highest BCUT2D eigenvalue weighted by Crippen LogP contribution is 2.15. The summed E-state index contributed by atoms with van der Waals surface area (Å²) in [6.07, 6.45) is 1.95. The fourth-order valence-corrected chi connectivity index (χ4v) is 0.610. The smallest absolute Gasteiger partial charge is 0.0798 e. The molecule has 2 nitrogen and oxygen atoms in total. The Balaban J connectivity index is 4.22. The third kappa shape index (κ3) is 4.17. The van der Waals surface area contributed by atoms with E-state index in [1.54, 1.807) is 19.9 Å². The van der Waals surface area contributed by atoms with E-state index in [2.05, 4.69) is 0 Å². The zero-order chi connectivity index (χ0) is 9.07. The molecular formula is C9H18O2. The van der Waals surface area contributed by atoms with Crippen LogP contribution in [0.2, 0.25) is 0 Å². The Hall–Kier alpha value is -0.340. The summed E-state index contributed by atoms with van der Waals surface area (Å²) < 4.78 is 0. The highest BCUT2D eigenvalue weighted by atomic mass is 16.3. The summed E-state index contributed by atoms with van der Waals surface area (Å²) in [4.78, 5) is 0. The summed E-state index contributed by atoms with van der Waals surface area (Å²) in [6, 6.07) is 0. The Bertz CT molecular complexity index is 142. The first-order valence-electron chi connectivity index (χ1n) is 3.97. The maximum absolute atomic E-state index is 9.45. The molecule has 0 spiro atoms. The van der Waals surface area contributed by atoms with E-state index in [-0.39, 0.29) is 0 Å². The van der Waals surface area contributed by atoms with Crippen molar-refractivity contribution in [1.29, 1.82) is 0 Å². The van der Waals surface area contributed by atoms with Crippen molar-refractivity contribution in [2.75, 3.05) is 0 Å². The molecule has 0 amide bonds. The van der Waals surface area contributed by atoms with Gasteiger partial charge in [-0.1, -0.05) is 13.0 Å². The SMILES string of the molecule is CCC(O)C=C(C)C(C)(C)O. The topological polar surface area (TPSA) is 40.5 Å². The third-order valence-electron chi connectivity index (χ3n) is 1.83. The van der Waals surface area contributed by atoms with Crippen LogP contribution in [0.3, 0.4) is 0 Å². The molecule has 66 valence electrons. The van der Waals surface area contributed by atoms with Gasteiger partial charge in [-0.05, 0) is 32.8 Å². The number of aliphatic hydroxyl groups excluding tert-OH is 1. The van der Waals surface area contributed by atoms with Gasteiger partial charge >= 0.3 is 0 Å². The monoisotopic (exact) mass is 158 g/mol. The van der Waals surface area contributed by atoms with Gasteiger partial charge in [0, 0.05) is 0 Å². The number of aliphatic hydroxyl groups is 2. The molecule has 2 heteroatoms. The van der Waals surface area contributed by atoms with Crippen LogP contribution in [0.5, 0.6) is 0 Å². The van der Waals surface area contributed by atoms with Crippen molar-refractivity contribution in [2.45, 2.75) is 45.8 Å². The van der Waals surface area contributed by atoms with E-state index in [0.717, 1.165) is 5.57 Å². The predicted octanol–water partition coefficient (Wildman–Crippen LogP) is 1.47. The second-order valence-corrected chi connectivity index (χ2v) is 3.38. The lowest BCUT2D eigenvalue weighted by atomic mass is 9.98. The zero-order valence-electron chi connectivity index (χ0n) is 7.76. The maximum Gasteiger partial charge on any atom is 0.0798 e.